The summed E-state index contributed by atoms with van der Waals surface area (Å²) in [6.07, 6.45) is 3.12. The molecule has 0 aliphatic rings. The zero-order valence-electron chi connectivity index (χ0n) is 14.3. The highest BCUT2D eigenvalue weighted by atomic mass is 19.2. The minimum atomic E-state index is -1.88. The standard InChI is InChI=1S/C17H26F3N3O2/c1-22-11-14(16(24)4-2-7-18)15(12-23-9-3-8-21)17(25)6-5-13(20)10-19/h3,5-6,8,12-13,16,22,24H,2,4,7,9-11,21H2,1H3/b6-5-,8-3-,15-14+,23-12?. The lowest BCUT2D eigenvalue weighted by Gasteiger charge is -2.17. The summed E-state index contributed by atoms with van der Waals surface area (Å²) < 4.78 is 37.5. The van der Waals surface area contributed by atoms with E-state index in [0.29, 0.717) is 5.57 Å². The number of carbonyl (C=O) groups excluding carboxylic acids is 1. The summed E-state index contributed by atoms with van der Waals surface area (Å²) in [5, 5.41) is 13.1. The van der Waals surface area contributed by atoms with Gasteiger partial charge in [-0.15, -0.1) is 0 Å². The van der Waals surface area contributed by atoms with Crippen LogP contribution in [0.4, 0.5) is 13.2 Å². The molecule has 0 aromatic heterocycles. The number of nitrogens with one attached hydrogen (secondary N) is 1. The summed E-state index contributed by atoms with van der Waals surface area (Å²) in [5.41, 5.74) is 5.56. The van der Waals surface area contributed by atoms with Gasteiger partial charge in [-0.05, 0) is 49.9 Å². The first-order valence-electron chi connectivity index (χ1n) is 7.92. The molecule has 5 nitrogen and oxygen atoms in total. The van der Waals surface area contributed by atoms with Crippen LogP contribution in [0.15, 0.2) is 40.6 Å². The largest absolute Gasteiger partial charge is 0.405 e. The Morgan fingerprint density at radius 1 is 1.40 bits per heavy atom. The Morgan fingerprint density at radius 3 is 2.68 bits per heavy atom. The molecule has 0 aliphatic carbocycles. The number of likely N-dealkylation sites (N-methyl/N-ethyl adjacent to an activating group) is 1. The van der Waals surface area contributed by atoms with Crippen LogP contribution in [0.5, 0.6) is 0 Å². The number of nitrogens with two attached hydrogens (primary N) is 1. The van der Waals surface area contributed by atoms with E-state index in [1.165, 1.54) is 12.4 Å². The zero-order chi connectivity index (χ0) is 19.1. The van der Waals surface area contributed by atoms with E-state index in [-0.39, 0.29) is 31.5 Å². The van der Waals surface area contributed by atoms with Gasteiger partial charge in [0.05, 0.1) is 19.3 Å². The fourth-order valence-corrected chi connectivity index (χ4v) is 1.93. The first-order valence-corrected chi connectivity index (χ1v) is 7.92. The topological polar surface area (TPSA) is 87.7 Å². The molecule has 0 fully saturated rings. The molecule has 0 spiro atoms. The number of hydrogen-bond donors (Lipinski definition) is 3. The van der Waals surface area contributed by atoms with E-state index in [1.54, 1.807) is 13.1 Å². The third-order valence-corrected chi connectivity index (χ3v) is 3.16. The second-order valence-electron chi connectivity index (χ2n) is 5.13. The zero-order valence-corrected chi connectivity index (χ0v) is 14.3. The van der Waals surface area contributed by atoms with Gasteiger partial charge in [0.25, 0.3) is 0 Å². The number of aliphatic hydroxyl groups excluding tert-OH is 1. The fraction of sp³-hybridized carbons (Fsp3) is 0.529. The van der Waals surface area contributed by atoms with E-state index in [0.717, 1.165) is 12.2 Å². The Kier molecular flexibility index (Phi) is 13.3. The smallest absolute Gasteiger partial charge is 0.187 e. The van der Waals surface area contributed by atoms with Crippen LogP contribution in [-0.4, -0.2) is 62.9 Å². The van der Waals surface area contributed by atoms with Gasteiger partial charge in [-0.1, -0.05) is 0 Å². The highest BCUT2D eigenvalue weighted by molar-refractivity contribution is 6.19. The number of ketones is 1. The summed E-state index contributed by atoms with van der Waals surface area (Å²) in [6, 6.07) is 0. The van der Waals surface area contributed by atoms with Crippen molar-refractivity contribution in [1.82, 2.24) is 5.32 Å². The third kappa shape index (κ3) is 9.83. The fourth-order valence-electron chi connectivity index (χ4n) is 1.93. The van der Waals surface area contributed by atoms with Gasteiger partial charge in [0, 0.05) is 18.3 Å². The van der Waals surface area contributed by atoms with E-state index in [1.807, 2.05) is 0 Å². The van der Waals surface area contributed by atoms with Crippen molar-refractivity contribution in [3.05, 3.63) is 35.6 Å². The lowest BCUT2D eigenvalue weighted by atomic mass is 9.96. The minimum absolute atomic E-state index is 0.0495. The Hall–Kier alpha value is -1.93. The van der Waals surface area contributed by atoms with E-state index in [9.17, 15) is 23.1 Å². The van der Waals surface area contributed by atoms with Crippen molar-refractivity contribution >= 4 is 12.0 Å². The van der Waals surface area contributed by atoms with Gasteiger partial charge >= 0.3 is 0 Å². The second kappa shape index (κ2) is 14.4. The maximum absolute atomic E-state index is 13.0. The van der Waals surface area contributed by atoms with Crippen molar-refractivity contribution in [3.63, 3.8) is 0 Å². The summed E-state index contributed by atoms with van der Waals surface area (Å²) in [6.45, 7) is -1.47. The summed E-state index contributed by atoms with van der Waals surface area (Å²) in [5.74, 6) is -0.624. The molecule has 0 amide bonds. The predicted octanol–water partition coefficient (Wildman–Crippen LogP) is 1.59. The average Bonchev–Trinajstić information content (AvgIpc) is 2.62. The van der Waals surface area contributed by atoms with Gasteiger partial charge in [-0.3, -0.25) is 14.2 Å². The van der Waals surface area contributed by atoms with Crippen molar-refractivity contribution in [2.24, 2.45) is 10.7 Å². The first-order chi connectivity index (χ1) is 12.0. The number of aliphatic hydroxyl groups is 1. The van der Waals surface area contributed by atoms with Crippen LogP contribution in [0.2, 0.25) is 0 Å². The molecule has 0 aromatic rings. The quantitative estimate of drug-likeness (QED) is 0.343. The molecule has 2 unspecified atom stereocenters. The Bertz CT molecular complexity index is 505. The van der Waals surface area contributed by atoms with Crippen LogP contribution in [0.1, 0.15) is 12.8 Å². The number of halogens is 3. The van der Waals surface area contributed by atoms with E-state index in [2.05, 4.69) is 10.3 Å². The van der Waals surface area contributed by atoms with Crippen molar-refractivity contribution in [2.75, 3.05) is 33.5 Å². The molecule has 0 rings (SSSR count). The molecule has 0 heterocycles. The summed E-state index contributed by atoms with van der Waals surface area (Å²) >= 11 is 0. The Labute approximate surface area is 146 Å². The van der Waals surface area contributed by atoms with Crippen LogP contribution >= 0.6 is 0 Å². The van der Waals surface area contributed by atoms with Crippen LogP contribution in [-0.2, 0) is 4.79 Å². The summed E-state index contributed by atoms with van der Waals surface area (Å²) in [4.78, 5) is 16.4. The number of alkyl halides is 3. The minimum Gasteiger partial charge on any atom is -0.405 e. The molecule has 8 heteroatoms. The summed E-state index contributed by atoms with van der Waals surface area (Å²) in [7, 11) is 1.62. The van der Waals surface area contributed by atoms with Gasteiger partial charge in [-0.25, -0.2) is 8.78 Å². The van der Waals surface area contributed by atoms with Crippen LogP contribution in [0.25, 0.3) is 0 Å². The van der Waals surface area contributed by atoms with Gasteiger partial charge in [0.2, 0.25) is 0 Å². The lowest BCUT2D eigenvalue weighted by Crippen LogP contribution is -2.25. The van der Waals surface area contributed by atoms with E-state index in [4.69, 9.17) is 5.73 Å². The normalized spacial score (nSPS) is 15.9. The highest BCUT2D eigenvalue weighted by Crippen LogP contribution is 2.15. The van der Waals surface area contributed by atoms with Crippen LogP contribution < -0.4 is 11.1 Å². The number of nitrogens with zero attached hydrogens (tertiary/aromatic N) is 1. The van der Waals surface area contributed by atoms with E-state index < -0.39 is 31.4 Å². The van der Waals surface area contributed by atoms with Crippen molar-refractivity contribution in [1.29, 1.82) is 0 Å². The molecule has 0 saturated carbocycles. The van der Waals surface area contributed by atoms with Crippen LogP contribution in [0, 0.1) is 0 Å². The third-order valence-electron chi connectivity index (χ3n) is 3.16. The molecular weight excluding hydrogens is 335 g/mol. The molecule has 0 aliphatic heterocycles. The van der Waals surface area contributed by atoms with Gasteiger partial charge in [-0.2, -0.15) is 0 Å². The number of aliphatic imine (C=N–C) groups is 1. The van der Waals surface area contributed by atoms with Gasteiger partial charge < -0.3 is 16.2 Å². The number of allylic oxidation sites excluding steroid dienone is 3. The monoisotopic (exact) mass is 361 g/mol. The van der Waals surface area contributed by atoms with Gasteiger partial charge in [0.15, 0.2) is 5.78 Å². The average molecular weight is 361 g/mol. The van der Waals surface area contributed by atoms with Crippen LogP contribution in [0.3, 0.4) is 0 Å². The SMILES string of the molecule is CNC/C(=C(/C=NC/C=C\N)C(=O)/C=C\C(F)CF)C(O)CCCF. The maximum Gasteiger partial charge on any atom is 0.187 e. The van der Waals surface area contributed by atoms with Crippen molar-refractivity contribution in [3.8, 4) is 0 Å². The molecule has 0 bridgehead atoms. The molecule has 142 valence electrons. The maximum atomic E-state index is 13.0. The number of carbonyl (C=O) groups is 1. The van der Waals surface area contributed by atoms with Gasteiger partial charge in [0.1, 0.15) is 12.8 Å². The highest BCUT2D eigenvalue weighted by Gasteiger charge is 2.18. The van der Waals surface area contributed by atoms with Crippen molar-refractivity contribution < 1.29 is 23.1 Å². The molecule has 4 N–H and O–H groups in total. The molecule has 0 saturated heterocycles. The van der Waals surface area contributed by atoms with E-state index >= 15 is 0 Å². The second-order valence-corrected chi connectivity index (χ2v) is 5.13. The number of rotatable bonds is 13. The molecule has 2 atom stereocenters. The Balaban J connectivity index is 5.68. The lowest BCUT2D eigenvalue weighted by molar-refractivity contribution is -0.111. The molecule has 0 aromatic carbocycles. The molecule has 25 heavy (non-hydrogen) atoms. The number of hydrogen-bond acceptors (Lipinski definition) is 5. The Morgan fingerprint density at radius 2 is 2.12 bits per heavy atom. The van der Waals surface area contributed by atoms with Crippen molar-refractivity contribution in [2.45, 2.75) is 25.1 Å². The first kappa shape index (κ1) is 23.1. The molecular formula is C17H26F3N3O2. The molecule has 0 radical (unpaired) electrons. The predicted molar refractivity (Wildman–Crippen MR) is 93.9 cm³/mol.